The average Bonchev–Trinajstić information content (AvgIpc) is 2.61. The second-order valence-electron chi connectivity index (χ2n) is 5.49. The zero-order valence-electron chi connectivity index (χ0n) is 12.8. The fourth-order valence-electron chi connectivity index (χ4n) is 2.46. The third-order valence-electron chi connectivity index (χ3n) is 3.70. The molecule has 6 heteroatoms. The predicted octanol–water partition coefficient (Wildman–Crippen LogP) is 0.421. The van der Waals surface area contributed by atoms with Gasteiger partial charge < -0.3 is 29.6 Å². The van der Waals surface area contributed by atoms with Gasteiger partial charge in [0.05, 0.1) is 13.2 Å². The van der Waals surface area contributed by atoms with E-state index < -0.39 is 0 Å². The van der Waals surface area contributed by atoms with Crippen molar-refractivity contribution in [3.05, 3.63) is 24.3 Å². The Morgan fingerprint density at radius 2 is 1.27 bits per heavy atom. The molecule has 2 fully saturated rings. The molecule has 2 aliphatic heterocycles. The Balaban J connectivity index is 1.39. The lowest BCUT2D eigenvalue weighted by molar-refractivity contribution is -0.000575. The first-order chi connectivity index (χ1) is 10.9. The summed E-state index contributed by atoms with van der Waals surface area (Å²) in [6.07, 6.45) is 0.251. The van der Waals surface area contributed by atoms with Crippen LogP contribution in [0.1, 0.15) is 0 Å². The molecule has 0 aliphatic carbocycles. The van der Waals surface area contributed by atoms with Crippen LogP contribution in [0.5, 0.6) is 11.5 Å². The van der Waals surface area contributed by atoms with Crippen LogP contribution in [0, 0.1) is 0 Å². The highest BCUT2D eigenvalue weighted by Gasteiger charge is 2.15. The first-order valence-electron chi connectivity index (χ1n) is 7.90. The SMILES string of the molecule is c1cc(OC[C@@H]2CNCCO2)ccc1OC[C@@H]1CNCCO1. The Morgan fingerprint density at radius 3 is 1.64 bits per heavy atom. The van der Waals surface area contributed by atoms with E-state index in [0.717, 1.165) is 50.9 Å². The molecule has 6 nitrogen and oxygen atoms in total. The van der Waals surface area contributed by atoms with Crippen molar-refractivity contribution in [3.63, 3.8) is 0 Å². The molecule has 0 saturated carbocycles. The number of rotatable bonds is 6. The third kappa shape index (κ3) is 4.84. The van der Waals surface area contributed by atoms with Gasteiger partial charge in [0.15, 0.2) is 0 Å². The number of hydrogen-bond acceptors (Lipinski definition) is 6. The Hall–Kier alpha value is -1.34. The van der Waals surface area contributed by atoms with Gasteiger partial charge in [-0.1, -0.05) is 0 Å². The Morgan fingerprint density at radius 1 is 0.818 bits per heavy atom. The molecule has 122 valence electrons. The van der Waals surface area contributed by atoms with Crippen LogP contribution in [-0.4, -0.2) is 64.8 Å². The molecular formula is C16H24N2O4. The van der Waals surface area contributed by atoms with E-state index in [1.54, 1.807) is 0 Å². The van der Waals surface area contributed by atoms with E-state index in [-0.39, 0.29) is 12.2 Å². The summed E-state index contributed by atoms with van der Waals surface area (Å²) in [7, 11) is 0. The van der Waals surface area contributed by atoms with Crippen molar-refractivity contribution in [3.8, 4) is 11.5 Å². The van der Waals surface area contributed by atoms with Crippen LogP contribution in [0.4, 0.5) is 0 Å². The zero-order valence-corrected chi connectivity index (χ0v) is 12.8. The first-order valence-corrected chi connectivity index (χ1v) is 7.90. The van der Waals surface area contributed by atoms with Crippen LogP contribution in [-0.2, 0) is 9.47 Å². The standard InChI is InChI=1S/C16H24N2O4/c1-2-14(22-12-16-10-18-6-8-20-16)4-3-13(1)21-11-15-9-17-5-7-19-15/h1-4,15-18H,5-12H2/t15-,16-/m0/s1. The fourth-order valence-corrected chi connectivity index (χ4v) is 2.46. The lowest BCUT2D eigenvalue weighted by atomic mass is 10.3. The van der Waals surface area contributed by atoms with Crippen LogP contribution in [0.25, 0.3) is 0 Å². The van der Waals surface area contributed by atoms with Gasteiger partial charge in [0, 0.05) is 26.2 Å². The average molecular weight is 308 g/mol. The molecule has 2 atom stereocenters. The van der Waals surface area contributed by atoms with Gasteiger partial charge in [-0.05, 0) is 24.3 Å². The minimum Gasteiger partial charge on any atom is -0.491 e. The molecule has 2 heterocycles. The monoisotopic (exact) mass is 308 g/mol. The Bertz CT molecular complexity index is 387. The lowest BCUT2D eigenvalue weighted by Gasteiger charge is -2.24. The molecule has 0 aromatic heterocycles. The van der Waals surface area contributed by atoms with Crippen molar-refractivity contribution in [1.82, 2.24) is 10.6 Å². The second-order valence-corrected chi connectivity index (χ2v) is 5.49. The first kappa shape index (κ1) is 15.6. The zero-order chi connectivity index (χ0) is 15.0. The van der Waals surface area contributed by atoms with Crippen LogP contribution >= 0.6 is 0 Å². The molecule has 2 aliphatic rings. The van der Waals surface area contributed by atoms with Crippen LogP contribution in [0.15, 0.2) is 24.3 Å². The van der Waals surface area contributed by atoms with E-state index in [0.29, 0.717) is 13.2 Å². The predicted molar refractivity (Wildman–Crippen MR) is 82.7 cm³/mol. The number of nitrogens with one attached hydrogen (secondary N) is 2. The van der Waals surface area contributed by atoms with E-state index in [1.165, 1.54) is 0 Å². The number of ether oxygens (including phenoxy) is 4. The summed E-state index contributed by atoms with van der Waals surface area (Å²) >= 11 is 0. The smallest absolute Gasteiger partial charge is 0.119 e. The maximum atomic E-state index is 5.74. The number of morpholine rings is 2. The van der Waals surface area contributed by atoms with E-state index >= 15 is 0 Å². The molecular weight excluding hydrogens is 284 g/mol. The van der Waals surface area contributed by atoms with E-state index in [9.17, 15) is 0 Å². The van der Waals surface area contributed by atoms with Gasteiger partial charge in [0.1, 0.15) is 36.9 Å². The number of hydrogen-bond donors (Lipinski definition) is 2. The molecule has 2 N–H and O–H groups in total. The van der Waals surface area contributed by atoms with Crippen molar-refractivity contribution < 1.29 is 18.9 Å². The molecule has 1 aromatic rings. The maximum absolute atomic E-state index is 5.74. The molecule has 3 rings (SSSR count). The van der Waals surface area contributed by atoms with Gasteiger partial charge in [0.25, 0.3) is 0 Å². The van der Waals surface area contributed by atoms with Crippen LogP contribution < -0.4 is 20.1 Å². The van der Waals surface area contributed by atoms with E-state index in [4.69, 9.17) is 18.9 Å². The van der Waals surface area contributed by atoms with Crippen molar-refractivity contribution >= 4 is 0 Å². The van der Waals surface area contributed by atoms with Gasteiger partial charge in [-0.2, -0.15) is 0 Å². The summed E-state index contributed by atoms with van der Waals surface area (Å²) in [5, 5.41) is 6.57. The van der Waals surface area contributed by atoms with Gasteiger partial charge >= 0.3 is 0 Å². The highest BCUT2D eigenvalue weighted by atomic mass is 16.5. The van der Waals surface area contributed by atoms with Crippen molar-refractivity contribution in [2.24, 2.45) is 0 Å². The largest absolute Gasteiger partial charge is 0.491 e. The highest BCUT2D eigenvalue weighted by molar-refractivity contribution is 5.31. The summed E-state index contributed by atoms with van der Waals surface area (Å²) in [5.41, 5.74) is 0. The molecule has 0 amide bonds. The molecule has 0 unspecified atom stereocenters. The normalized spacial score (nSPS) is 25.6. The highest BCUT2D eigenvalue weighted by Crippen LogP contribution is 2.18. The van der Waals surface area contributed by atoms with Gasteiger partial charge in [-0.3, -0.25) is 0 Å². The summed E-state index contributed by atoms with van der Waals surface area (Å²) in [6, 6.07) is 7.69. The Labute approximate surface area is 131 Å². The van der Waals surface area contributed by atoms with Gasteiger partial charge in [-0.25, -0.2) is 0 Å². The van der Waals surface area contributed by atoms with E-state index in [1.807, 2.05) is 24.3 Å². The number of benzene rings is 1. The fraction of sp³-hybridized carbons (Fsp3) is 0.625. The van der Waals surface area contributed by atoms with E-state index in [2.05, 4.69) is 10.6 Å². The summed E-state index contributed by atoms with van der Waals surface area (Å²) in [4.78, 5) is 0. The lowest BCUT2D eigenvalue weighted by Crippen LogP contribution is -2.41. The quantitative estimate of drug-likeness (QED) is 0.794. The maximum Gasteiger partial charge on any atom is 0.119 e. The minimum atomic E-state index is 0.126. The second kappa shape index (κ2) is 8.33. The minimum absolute atomic E-state index is 0.126. The molecule has 0 bridgehead atoms. The van der Waals surface area contributed by atoms with Gasteiger partial charge in [0.2, 0.25) is 0 Å². The van der Waals surface area contributed by atoms with Crippen molar-refractivity contribution in [2.45, 2.75) is 12.2 Å². The van der Waals surface area contributed by atoms with Crippen LogP contribution in [0.3, 0.4) is 0 Å². The summed E-state index contributed by atoms with van der Waals surface area (Å²) in [5.74, 6) is 1.66. The molecule has 0 radical (unpaired) electrons. The molecule has 2 saturated heterocycles. The molecule has 0 spiro atoms. The summed E-state index contributed by atoms with van der Waals surface area (Å²) in [6.45, 7) is 6.15. The van der Waals surface area contributed by atoms with Crippen molar-refractivity contribution in [1.29, 1.82) is 0 Å². The summed E-state index contributed by atoms with van der Waals surface area (Å²) < 4.78 is 22.7. The molecule has 22 heavy (non-hydrogen) atoms. The molecule has 1 aromatic carbocycles. The third-order valence-corrected chi connectivity index (χ3v) is 3.70. The van der Waals surface area contributed by atoms with Crippen LogP contribution in [0.2, 0.25) is 0 Å². The topological polar surface area (TPSA) is 61.0 Å². The Kier molecular flexibility index (Phi) is 5.89. The van der Waals surface area contributed by atoms with Gasteiger partial charge in [-0.15, -0.1) is 0 Å². The van der Waals surface area contributed by atoms with Crippen molar-refractivity contribution in [2.75, 3.05) is 52.6 Å².